The molecule has 116 valence electrons. The van der Waals surface area contributed by atoms with Crippen molar-refractivity contribution < 1.29 is 36.9 Å². The SMILES string of the molecule is [2H]c1c([2H])c(C)c([2H])c(CC2(CC(=O)OC([2H])([2H])C([2H])([2H])[2H])C([2H])([2H])C([2H])([2H])N(C([2H])([2H])[2H])C([2H])([2H])C2([2H])[2H])c1[2H]. The van der Waals surface area contributed by atoms with Crippen LogP contribution in [-0.4, -0.2) is 37.4 Å². The first-order valence-electron chi connectivity index (χ1n) is 15.9. The highest BCUT2D eigenvalue weighted by molar-refractivity contribution is 5.70. The molecule has 1 aliphatic heterocycles. The molecule has 0 N–H and O–H groups in total. The van der Waals surface area contributed by atoms with Crippen LogP contribution in [0.5, 0.6) is 0 Å². The molecule has 0 atom stereocenters. The molecule has 0 amide bonds. The van der Waals surface area contributed by atoms with Gasteiger partial charge < -0.3 is 9.64 Å². The number of rotatable bonds is 5. The highest BCUT2D eigenvalue weighted by atomic mass is 16.5. The molecule has 1 aromatic rings. The van der Waals surface area contributed by atoms with Gasteiger partial charge in [-0.25, -0.2) is 0 Å². The Kier molecular flexibility index (Phi) is 1.39. The van der Waals surface area contributed by atoms with E-state index in [0.717, 1.165) is 6.92 Å². The Hall–Kier alpha value is -1.35. The van der Waals surface area contributed by atoms with E-state index in [2.05, 4.69) is 4.74 Å². The summed E-state index contributed by atoms with van der Waals surface area (Å²) in [6, 6.07) is -3.09. The lowest BCUT2D eigenvalue weighted by Crippen LogP contribution is -2.40. The van der Waals surface area contributed by atoms with Gasteiger partial charge in [0.25, 0.3) is 0 Å². The van der Waals surface area contributed by atoms with Crippen LogP contribution < -0.4 is 0 Å². The van der Waals surface area contributed by atoms with Gasteiger partial charge in [0.05, 0.1) is 21.2 Å². The number of nitrogens with zero attached hydrogens (tertiary/aromatic N) is 1. The number of ether oxygens (including phenoxy) is 1. The second-order valence-corrected chi connectivity index (χ2v) is 4.42. The molecule has 1 fully saturated rings. The van der Waals surface area contributed by atoms with E-state index in [1.54, 1.807) is 0 Å². The minimum absolute atomic E-state index is 0.260. The van der Waals surface area contributed by atoms with Gasteiger partial charge in [-0.15, -0.1) is 0 Å². The number of carbonyl (C=O) groups is 1. The minimum Gasteiger partial charge on any atom is -0.466 e. The Labute approximate surface area is 156 Å². The van der Waals surface area contributed by atoms with Crippen molar-refractivity contribution in [1.29, 1.82) is 0 Å². The van der Waals surface area contributed by atoms with Crippen molar-refractivity contribution in [2.45, 2.75) is 39.4 Å². The van der Waals surface area contributed by atoms with Crippen LogP contribution in [0.3, 0.4) is 0 Å². The van der Waals surface area contributed by atoms with E-state index in [0.29, 0.717) is 0 Å². The summed E-state index contributed by atoms with van der Waals surface area (Å²) in [5, 5.41) is 0. The summed E-state index contributed by atoms with van der Waals surface area (Å²) in [7, 11) is 0. The summed E-state index contributed by atoms with van der Waals surface area (Å²) in [5.41, 5.74) is -4.45. The van der Waals surface area contributed by atoms with Gasteiger partial charge in [0.15, 0.2) is 0 Å². The average Bonchev–Trinajstić information content (AvgIpc) is 2.74. The van der Waals surface area contributed by atoms with Gasteiger partial charge in [0, 0.05) is 19.2 Å². The van der Waals surface area contributed by atoms with E-state index in [1.165, 1.54) is 0 Å². The number of carbonyl (C=O) groups excluding carboxylic acids is 1. The maximum atomic E-state index is 13.0. The van der Waals surface area contributed by atoms with Crippen molar-refractivity contribution in [3.8, 4) is 0 Å². The first-order chi connectivity index (χ1) is 17.9. The lowest BCUT2D eigenvalue weighted by atomic mass is 9.71. The third-order valence-electron chi connectivity index (χ3n) is 2.71. The zero-order valence-corrected chi connectivity index (χ0v) is 11.2. The first kappa shape index (κ1) is 4.14. The molecule has 0 saturated carbocycles. The highest BCUT2D eigenvalue weighted by Gasteiger charge is 2.36. The zero-order chi connectivity index (χ0) is 32.7. The number of benzene rings is 1. The second-order valence-electron chi connectivity index (χ2n) is 4.42. The molecule has 1 saturated heterocycles. The van der Waals surface area contributed by atoms with Crippen LogP contribution in [0, 0.1) is 12.3 Å². The monoisotopic (exact) mass is 309 g/mol. The van der Waals surface area contributed by atoms with Gasteiger partial charge in [0.2, 0.25) is 0 Å². The van der Waals surface area contributed by atoms with E-state index in [-0.39, 0.29) is 5.56 Å². The molecule has 0 bridgehead atoms. The van der Waals surface area contributed by atoms with E-state index in [1.807, 2.05) is 0 Å². The van der Waals surface area contributed by atoms with Gasteiger partial charge in [-0.1, -0.05) is 29.7 Å². The van der Waals surface area contributed by atoms with Crippen molar-refractivity contribution in [3.63, 3.8) is 0 Å². The quantitative estimate of drug-likeness (QED) is 0.782. The van der Waals surface area contributed by atoms with Crippen LogP contribution in [-0.2, 0) is 16.0 Å². The molecule has 1 aromatic carbocycles. The van der Waals surface area contributed by atoms with Crippen molar-refractivity contribution in [1.82, 2.24) is 4.90 Å². The maximum Gasteiger partial charge on any atom is 0.306 e. The summed E-state index contributed by atoms with van der Waals surface area (Å²) in [4.78, 5) is 12.4. The molecule has 21 heavy (non-hydrogen) atoms. The number of piperidine rings is 1. The third-order valence-corrected chi connectivity index (χ3v) is 2.71. The van der Waals surface area contributed by atoms with E-state index >= 15 is 0 Å². The standard InChI is InChI=1S/C18H27NO2/c1-4-21-17(20)14-18(8-10-19(3)11-9-18)13-16-7-5-6-15(2)12-16/h5-7,12H,4,8-11,13-14H2,1-3H3/i1D3,3D3,4D2,5D,6D,7D,8D2,9D2,10D2,11D2,12D. The predicted octanol–water partition coefficient (Wildman–Crippen LogP) is 3.20. The van der Waals surface area contributed by atoms with Gasteiger partial charge in [-0.3, -0.25) is 4.79 Å². The predicted molar refractivity (Wildman–Crippen MR) is 85.3 cm³/mol. The van der Waals surface area contributed by atoms with Gasteiger partial charge in [0.1, 0.15) is 0 Å². The summed E-state index contributed by atoms with van der Waals surface area (Å²) in [6.07, 6.45) is -11.1. The molecule has 0 spiro atoms. The fourth-order valence-electron chi connectivity index (χ4n) is 1.84. The van der Waals surface area contributed by atoms with Crippen molar-refractivity contribution >= 4 is 5.97 Å². The molecule has 0 radical (unpaired) electrons. The minimum atomic E-state index is -3.98. The van der Waals surface area contributed by atoms with Crippen molar-refractivity contribution in [3.05, 3.63) is 35.3 Å². The molecular weight excluding hydrogens is 262 g/mol. The third kappa shape index (κ3) is 4.57. The lowest BCUT2D eigenvalue weighted by Gasteiger charge is -2.40. The van der Waals surface area contributed by atoms with Crippen LogP contribution in [0.1, 0.15) is 64.6 Å². The Bertz CT molecular complexity index is 1160. The van der Waals surface area contributed by atoms with Crippen LogP contribution >= 0.6 is 0 Å². The van der Waals surface area contributed by atoms with Crippen molar-refractivity contribution in [2.24, 2.45) is 5.41 Å². The normalized spacial score (nSPS) is 43.9. The molecule has 0 aliphatic carbocycles. The van der Waals surface area contributed by atoms with Crippen LogP contribution in [0.4, 0.5) is 0 Å². The fraction of sp³-hybridized carbons (Fsp3) is 0.611. The molecule has 3 nitrogen and oxygen atoms in total. The topological polar surface area (TPSA) is 29.5 Å². The Morgan fingerprint density at radius 3 is 3.10 bits per heavy atom. The van der Waals surface area contributed by atoms with Crippen molar-refractivity contribution in [2.75, 3.05) is 26.5 Å². The Balaban J connectivity index is 3.04. The summed E-state index contributed by atoms with van der Waals surface area (Å²) < 4.78 is 165. The van der Waals surface area contributed by atoms with Crippen LogP contribution in [0.2, 0.25) is 0 Å². The summed E-state index contributed by atoms with van der Waals surface area (Å²) in [6.45, 7) is -17.9. The lowest BCUT2D eigenvalue weighted by molar-refractivity contribution is -0.146. The van der Waals surface area contributed by atoms with Gasteiger partial charge >= 0.3 is 5.97 Å². The highest BCUT2D eigenvalue weighted by Crippen LogP contribution is 2.38. The van der Waals surface area contributed by atoms with Gasteiger partial charge in [-0.05, 0) is 63.9 Å². The number of likely N-dealkylation sites (tertiary alicyclic amines) is 1. The number of esters is 1. The zero-order valence-electron chi connectivity index (χ0n) is 31.2. The van der Waals surface area contributed by atoms with Gasteiger partial charge in [-0.2, -0.15) is 0 Å². The maximum absolute atomic E-state index is 13.0. The molecule has 0 unspecified atom stereocenters. The molecule has 0 aromatic heterocycles. The first-order valence-corrected chi connectivity index (χ1v) is 5.95. The molecule has 1 aliphatic rings. The van der Waals surface area contributed by atoms with E-state index < -0.39 is 105 Å². The molecule has 1 heterocycles. The number of hydrogen-bond acceptors (Lipinski definition) is 3. The molecule has 2 rings (SSSR count). The Morgan fingerprint density at radius 2 is 2.38 bits per heavy atom. The van der Waals surface area contributed by atoms with Crippen LogP contribution in [0.15, 0.2) is 24.2 Å². The smallest absolute Gasteiger partial charge is 0.306 e. The second kappa shape index (κ2) is 7.08. The summed E-state index contributed by atoms with van der Waals surface area (Å²) in [5.74, 6) is -1.98. The molecular formula is C18H27NO2. The van der Waals surface area contributed by atoms with E-state index in [4.69, 9.17) is 27.4 Å². The Morgan fingerprint density at radius 1 is 1.57 bits per heavy atom. The van der Waals surface area contributed by atoms with E-state index in [9.17, 15) is 4.79 Å². The van der Waals surface area contributed by atoms with Crippen LogP contribution in [0.25, 0.3) is 0 Å². The summed E-state index contributed by atoms with van der Waals surface area (Å²) >= 11 is 0. The fourth-order valence-corrected chi connectivity index (χ4v) is 1.84. The largest absolute Gasteiger partial charge is 0.466 e. The average molecular weight is 310 g/mol. The molecule has 3 heteroatoms. The number of hydrogen-bond donors (Lipinski definition) is 0.